The molecule has 6 rings (SSSR count). The molecule has 2 amide bonds. The molecule has 2 fully saturated rings. The standard InChI is InChI=1S/C24H25N3O4/c28-23-20-4-2-9-26(20)19-7-5-16(13-17(19)25-23)24(29)27-10-1-3-18(27)15-6-8-21-22(14-15)31-12-11-30-21/h5-8,13-14,18,20H,1-4,9-12H2,(H,25,28)/t18-,20-/m0/s1. The molecule has 0 saturated carbocycles. The van der Waals surface area contributed by atoms with Crippen molar-refractivity contribution in [2.24, 2.45) is 0 Å². The van der Waals surface area contributed by atoms with Crippen LogP contribution >= 0.6 is 0 Å². The Morgan fingerprint density at radius 2 is 1.74 bits per heavy atom. The lowest BCUT2D eigenvalue weighted by Crippen LogP contribution is -2.44. The van der Waals surface area contributed by atoms with Crippen LogP contribution in [-0.2, 0) is 4.79 Å². The number of nitrogens with one attached hydrogen (secondary N) is 1. The first-order chi connectivity index (χ1) is 15.2. The van der Waals surface area contributed by atoms with Crippen molar-refractivity contribution in [2.75, 3.05) is 36.5 Å². The molecule has 0 aromatic heterocycles. The van der Waals surface area contributed by atoms with E-state index in [1.807, 2.05) is 41.3 Å². The highest BCUT2D eigenvalue weighted by molar-refractivity contribution is 6.06. The molecule has 7 heteroatoms. The third kappa shape index (κ3) is 3.02. The molecule has 4 aliphatic heterocycles. The second-order valence-corrected chi connectivity index (χ2v) is 8.63. The highest BCUT2D eigenvalue weighted by Gasteiger charge is 2.37. The van der Waals surface area contributed by atoms with Crippen molar-refractivity contribution >= 4 is 23.2 Å². The van der Waals surface area contributed by atoms with Crippen LogP contribution in [0.4, 0.5) is 11.4 Å². The van der Waals surface area contributed by atoms with Crippen LogP contribution in [0.25, 0.3) is 0 Å². The summed E-state index contributed by atoms with van der Waals surface area (Å²) in [5, 5.41) is 3.01. The molecule has 7 nitrogen and oxygen atoms in total. The van der Waals surface area contributed by atoms with Crippen molar-refractivity contribution in [3.8, 4) is 11.5 Å². The largest absolute Gasteiger partial charge is 0.486 e. The highest BCUT2D eigenvalue weighted by atomic mass is 16.6. The number of carbonyl (C=O) groups excluding carboxylic acids is 2. The molecule has 0 radical (unpaired) electrons. The second kappa shape index (κ2) is 7.18. The summed E-state index contributed by atoms with van der Waals surface area (Å²) in [6, 6.07) is 11.6. The summed E-state index contributed by atoms with van der Waals surface area (Å²) in [6.45, 7) is 2.71. The molecule has 0 aliphatic carbocycles. The van der Waals surface area contributed by atoms with Gasteiger partial charge < -0.3 is 24.6 Å². The topological polar surface area (TPSA) is 71.1 Å². The quantitative estimate of drug-likeness (QED) is 0.808. The third-order valence-corrected chi connectivity index (χ3v) is 6.83. The molecule has 0 unspecified atom stereocenters. The third-order valence-electron chi connectivity index (χ3n) is 6.83. The zero-order valence-electron chi connectivity index (χ0n) is 17.3. The van der Waals surface area contributed by atoms with E-state index in [1.54, 1.807) is 0 Å². The predicted octanol–water partition coefficient (Wildman–Crippen LogP) is 3.36. The minimum Gasteiger partial charge on any atom is -0.486 e. The van der Waals surface area contributed by atoms with Gasteiger partial charge in [-0.1, -0.05) is 6.07 Å². The molecule has 4 aliphatic rings. The van der Waals surface area contributed by atoms with Crippen molar-refractivity contribution in [1.29, 1.82) is 0 Å². The zero-order chi connectivity index (χ0) is 20.9. The van der Waals surface area contributed by atoms with Gasteiger partial charge in [0, 0.05) is 18.7 Å². The zero-order valence-corrected chi connectivity index (χ0v) is 17.3. The van der Waals surface area contributed by atoms with Crippen LogP contribution in [0.5, 0.6) is 11.5 Å². The first kappa shape index (κ1) is 18.5. The van der Waals surface area contributed by atoms with Crippen molar-refractivity contribution in [1.82, 2.24) is 4.90 Å². The maximum Gasteiger partial charge on any atom is 0.254 e. The molecule has 2 aromatic carbocycles. The minimum atomic E-state index is -0.0766. The number of carbonyl (C=O) groups is 2. The van der Waals surface area contributed by atoms with E-state index in [0.717, 1.165) is 67.2 Å². The maximum absolute atomic E-state index is 13.5. The first-order valence-corrected chi connectivity index (χ1v) is 11.1. The number of anilines is 2. The average molecular weight is 419 g/mol. The van der Waals surface area contributed by atoms with Gasteiger partial charge in [0.15, 0.2) is 11.5 Å². The summed E-state index contributed by atoms with van der Waals surface area (Å²) in [4.78, 5) is 30.0. The molecular formula is C24H25N3O4. The summed E-state index contributed by atoms with van der Waals surface area (Å²) in [7, 11) is 0. The monoisotopic (exact) mass is 419 g/mol. The maximum atomic E-state index is 13.5. The predicted molar refractivity (Wildman–Crippen MR) is 116 cm³/mol. The summed E-state index contributed by atoms with van der Waals surface area (Å²) in [6.07, 6.45) is 3.78. The van der Waals surface area contributed by atoms with Crippen LogP contribution < -0.4 is 19.7 Å². The summed E-state index contributed by atoms with van der Waals surface area (Å²) < 4.78 is 11.4. The Kier molecular flexibility index (Phi) is 4.30. The van der Waals surface area contributed by atoms with Crippen molar-refractivity contribution < 1.29 is 19.1 Å². The normalized spacial score (nSPS) is 23.9. The van der Waals surface area contributed by atoms with Gasteiger partial charge in [-0.3, -0.25) is 9.59 Å². The fourth-order valence-electron chi connectivity index (χ4n) is 5.35. The van der Waals surface area contributed by atoms with Crippen molar-refractivity contribution in [3.05, 3.63) is 47.5 Å². The second-order valence-electron chi connectivity index (χ2n) is 8.63. The lowest BCUT2D eigenvalue weighted by atomic mass is 10.0. The number of amides is 2. The molecule has 31 heavy (non-hydrogen) atoms. The highest BCUT2D eigenvalue weighted by Crippen LogP contribution is 2.40. The average Bonchev–Trinajstić information content (AvgIpc) is 3.48. The van der Waals surface area contributed by atoms with E-state index in [0.29, 0.717) is 18.8 Å². The number of hydrogen-bond donors (Lipinski definition) is 1. The fourth-order valence-corrected chi connectivity index (χ4v) is 5.35. The van der Waals surface area contributed by atoms with E-state index in [1.165, 1.54) is 0 Å². The van der Waals surface area contributed by atoms with Gasteiger partial charge in [0.1, 0.15) is 19.3 Å². The van der Waals surface area contributed by atoms with Gasteiger partial charge in [0.2, 0.25) is 5.91 Å². The van der Waals surface area contributed by atoms with E-state index < -0.39 is 0 Å². The van der Waals surface area contributed by atoms with Crippen molar-refractivity contribution in [3.63, 3.8) is 0 Å². The van der Waals surface area contributed by atoms with Gasteiger partial charge in [-0.15, -0.1) is 0 Å². The Balaban J connectivity index is 1.28. The molecule has 2 saturated heterocycles. The van der Waals surface area contributed by atoms with Gasteiger partial charge in [-0.05, 0) is 61.6 Å². The Hall–Kier alpha value is -3.22. The Morgan fingerprint density at radius 1 is 0.935 bits per heavy atom. The molecule has 0 bridgehead atoms. The van der Waals surface area contributed by atoms with Crippen molar-refractivity contribution in [2.45, 2.75) is 37.8 Å². The number of ether oxygens (including phenoxy) is 2. The smallest absolute Gasteiger partial charge is 0.254 e. The van der Waals surface area contributed by atoms with Crippen LogP contribution in [0, 0.1) is 0 Å². The molecule has 0 spiro atoms. The Labute approximate surface area is 180 Å². The van der Waals surface area contributed by atoms with Crippen LogP contribution in [0.1, 0.15) is 47.6 Å². The number of fused-ring (bicyclic) bond motifs is 4. The number of benzene rings is 2. The first-order valence-electron chi connectivity index (χ1n) is 11.1. The molecular weight excluding hydrogens is 394 g/mol. The summed E-state index contributed by atoms with van der Waals surface area (Å²) in [5.74, 6) is 1.54. The molecule has 2 aromatic rings. The fraction of sp³-hybridized carbons (Fsp3) is 0.417. The Bertz CT molecular complexity index is 1070. The number of hydrogen-bond acceptors (Lipinski definition) is 5. The van der Waals surface area contributed by atoms with E-state index in [9.17, 15) is 9.59 Å². The van der Waals surface area contributed by atoms with Gasteiger partial charge in [0.05, 0.1) is 17.4 Å². The molecule has 160 valence electrons. The Morgan fingerprint density at radius 3 is 2.65 bits per heavy atom. The van der Waals surface area contributed by atoms with Crippen LogP contribution in [0.15, 0.2) is 36.4 Å². The number of likely N-dealkylation sites (tertiary alicyclic amines) is 1. The van der Waals surface area contributed by atoms with Gasteiger partial charge in [-0.25, -0.2) is 0 Å². The van der Waals surface area contributed by atoms with E-state index in [2.05, 4.69) is 10.2 Å². The van der Waals surface area contributed by atoms with Gasteiger partial charge >= 0.3 is 0 Å². The molecule has 4 heterocycles. The van der Waals surface area contributed by atoms with E-state index in [-0.39, 0.29) is 23.9 Å². The minimum absolute atomic E-state index is 0.00187. The number of rotatable bonds is 2. The SMILES string of the molecule is O=C1Nc2cc(C(=O)N3CCC[C@H]3c3ccc4c(c3)OCCO4)ccc2N2CCC[C@@H]12. The van der Waals surface area contributed by atoms with Gasteiger partial charge in [0.25, 0.3) is 5.91 Å². The van der Waals surface area contributed by atoms with Crippen LogP contribution in [0.3, 0.4) is 0 Å². The lowest BCUT2D eigenvalue weighted by Gasteiger charge is -2.33. The number of nitrogens with zero attached hydrogens (tertiary/aromatic N) is 2. The summed E-state index contributed by atoms with van der Waals surface area (Å²) in [5.41, 5.74) is 3.44. The summed E-state index contributed by atoms with van der Waals surface area (Å²) >= 11 is 0. The lowest BCUT2D eigenvalue weighted by molar-refractivity contribution is -0.117. The van der Waals surface area contributed by atoms with Crippen LogP contribution in [0.2, 0.25) is 0 Å². The van der Waals surface area contributed by atoms with E-state index >= 15 is 0 Å². The molecule has 2 atom stereocenters. The molecule has 1 N–H and O–H groups in total. The van der Waals surface area contributed by atoms with E-state index in [4.69, 9.17) is 9.47 Å². The van der Waals surface area contributed by atoms with Gasteiger partial charge in [-0.2, -0.15) is 0 Å². The van der Waals surface area contributed by atoms with Crippen LogP contribution in [-0.4, -0.2) is 49.1 Å².